The Kier molecular flexibility index (Phi) is 14.8. The van der Waals surface area contributed by atoms with Crippen LogP contribution < -0.4 is 20.9 Å². The third-order valence-electron chi connectivity index (χ3n) is 9.54. The molecule has 13 heteroatoms. The van der Waals surface area contributed by atoms with Crippen molar-refractivity contribution in [3.05, 3.63) is 153 Å². The van der Waals surface area contributed by atoms with Gasteiger partial charge in [-0.15, -0.1) is 45.8 Å². The van der Waals surface area contributed by atoms with Crippen LogP contribution in [0.5, 0.6) is 5.88 Å². The van der Waals surface area contributed by atoms with Gasteiger partial charge < -0.3 is 14.7 Å². The first-order valence-electron chi connectivity index (χ1n) is 19.5. The van der Waals surface area contributed by atoms with E-state index in [9.17, 15) is 20.0 Å². The first-order chi connectivity index (χ1) is 29.6. The summed E-state index contributed by atoms with van der Waals surface area (Å²) in [5, 5.41) is 20.7. The molecule has 0 fully saturated rings. The van der Waals surface area contributed by atoms with Gasteiger partial charge in [-0.3, -0.25) is 14.2 Å². The Balaban J connectivity index is 1.04. The fraction of sp³-hybridized carbons (Fsp3) is 0.167. The summed E-state index contributed by atoms with van der Waals surface area (Å²) < 4.78 is 7.29. The van der Waals surface area contributed by atoms with E-state index in [0.29, 0.717) is 3.53 Å². The van der Waals surface area contributed by atoms with Gasteiger partial charge in [-0.1, -0.05) is 86.0 Å². The van der Waals surface area contributed by atoms with Crippen LogP contribution in [-0.2, 0) is 16.1 Å². The number of para-hydroxylation sites is 2. The van der Waals surface area contributed by atoms with Crippen molar-refractivity contribution in [2.45, 2.75) is 38.5 Å². The zero-order valence-corrected chi connectivity index (χ0v) is 38.3. The molecule has 0 radical (unpaired) electrons. The van der Waals surface area contributed by atoms with Gasteiger partial charge >= 0.3 is 5.97 Å². The molecule has 7 aromatic rings. The molecular formula is C48H41N3O4S6. The predicted octanol–water partition coefficient (Wildman–Crippen LogP) is 11.8. The number of thiophene rings is 3. The molecule has 61 heavy (non-hydrogen) atoms. The van der Waals surface area contributed by atoms with E-state index >= 15 is 0 Å². The van der Waals surface area contributed by atoms with Crippen molar-refractivity contribution < 1.29 is 14.6 Å². The number of anilines is 3. The molecule has 308 valence electrons. The van der Waals surface area contributed by atoms with Crippen LogP contribution in [0.15, 0.2) is 126 Å². The second kappa shape index (κ2) is 20.6. The van der Waals surface area contributed by atoms with Crippen LogP contribution in [-0.4, -0.2) is 36.8 Å². The molecule has 3 aromatic carbocycles. The van der Waals surface area contributed by atoms with Gasteiger partial charge in [0.2, 0.25) is 5.88 Å². The number of rotatable bonds is 15. The summed E-state index contributed by atoms with van der Waals surface area (Å²) in [5.41, 5.74) is 3.88. The van der Waals surface area contributed by atoms with Crippen molar-refractivity contribution in [2.75, 3.05) is 17.3 Å². The minimum absolute atomic E-state index is 0.0394. The molecule has 0 spiro atoms. The maximum absolute atomic E-state index is 13.7. The number of esters is 1. The van der Waals surface area contributed by atoms with Crippen LogP contribution in [0.1, 0.15) is 37.1 Å². The highest BCUT2D eigenvalue weighted by Crippen LogP contribution is 2.43. The van der Waals surface area contributed by atoms with Gasteiger partial charge in [-0.05, 0) is 110 Å². The minimum atomic E-state index is -0.476. The average molecular weight is 916 g/mol. The highest BCUT2D eigenvalue weighted by atomic mass is 32.2. The molecule has 0 bridgehead atoms. The summed E-state index contributed by atoms with van der Waals surface area (Å²) in [5.74, 6) is 0.0445. The first-order valence-corrected chi connectivity index (χ1v) is 24.2. The van der Waals surface area contributed by atoms with Crippen molar-refractivity contribution in [1.82, 2.24) is 4.57 Å². The second-order valence-corrected chi connectivity index (χ2v) is 20.7. The SMILES string of the molecule is C=c1c(C#N)c(O)n(CCCOC(=O)C(C)SC(=S)SCCC)c(=O)/c1=C\c1ccc(-c2ccc(-c3ccc(-c4ccc(N(c5ccccc5)c5ccccc5)cc4)s3)s2)s1. The fourth-order valence-corrected chi connectivity index (χ4v) is 12.1. The lowest BCUT2D eigenvalue weighted by molar-refractivity contribution is -0.142. The molecule has 0 saturated carbocycles. The maximum atomic E-state index is 13.7. The Morgan fingerprint density at radius 2 is 1.43 bits per heavy atom. The molecule has 1 unspecified atom stereocenters. The quantitative estimate of drug-likeness (QED) is 0.0613. The zero-order chi connectivity index (χ0) is 42.9. The van der Waals surface area contributed by atoms with E-state index in [1.807, 2.05) is 30.3 Å². The predicted molar refractivity (Wildman–Crippen MR) is 264 cm³/mol. The number of ether oxygens (including phenoxy) is 1. The molecule has 0 saturated heterocycles. The molecule has 0 amide bonds. The number of nitriles is 1. The Morgan fingerprint density at radius 1 is 0.869 bits per heavy atom. The lowest BCUT2D eigenvalue weighted by Crippen LogP contribution is -2.46. The number of pyridine rings is 1. The van der Waals surface area contributed by atoms with E-state index < -0.39 is 22.7 Å². The lowest BCUT2D eigenvalue weighted by Gasteiger charge is -2.25. The van der Waals surface area contributed by atoms with Crippen molar-refractivity contribution >= 4 is 109 Å². The van der Waals surface area contributed by atoms with E-state index in [-0.39, 0.29) is 35.6 Å². The number of benzene rings is 3. The van der Waals surface area contributed by atoms with E-state index in [1.54, 1.807) is 47.4 Å². The van der Waals surface area contributed by atoms with Crippen LogP contribution in [0.3, 0.4) is 0 Å². The average Bonchev–Trinajstić information content (AvgIpc) is 4.08. The molecule has 7 nitrogen and oxygen atoms in total. The minimum Gasteiger partial charge on any atom is -0.493 e. The maximum Gasteiger partial charge on any atom is 0.319 e. The molecule has 0 aliphatic carbocycles. The van der Waals surface area contributed by atoms with Crippen molar-refractivity contribution in [2.24, 2.45) is 0 Å². The topological polar surface area (TPSA) is 95.6 Å². The third kappa shape index (κ3) is 10.5. The van der Waals surface area contributed by atoms with Crippen LogP contribution in [0.2, 0.25) is 0 Å². The number of aromatic nitrogens is 1. The molecule has 4 aromatic heterocycles. The number of carbonyl (C=O) groups excluding carboxylic acids is 1. The normalized spacial score (nSPS) is 11.9. The van der Waals surface area contributed by atoms with Gasteiger partial charge in [0.05, 0.1) is 6.61 Å². The summed E-state index contributed by atoms with van der Waals surface area (Å²) in [6.07, 6.45) is 2.97. The largest absolute Gasteiger partial charge is 0.493 e. The van der Waals surface area contributed by atoms with Gasteiger partial charge in [0.1, 0.15) is 20.4 Å². The second-order valence-electron chi connectivity index (χ2n) is 13.8. The van der Waals surface area contributed by atoms with Crippen molar-refractivity contribution in [3.63, 3.8) is 0 Å². The van der Waals surface area contributed by atoms with Gasteiger partial charge in [0.15, 0.2) is 0 Å². The van der Waals surface area contributed by atoms with Gasteiger partial charge in [-0.2, -0.15) is 5.26 Å². The van der Waals surface area contributed by atoms with Crippen LogP contribution in [0, 0.1) is 11.3 Å². The standard InChI is InChI=1S/C48H41N3O4S6/c1-4-28-57-48(56)58-32(3)47(54)55-27-11-26-50-45(52)38(31(2)39(30-49)46(50)53)29-37-20-21-41(59-37)42-24-25-44(61-42)43-23-22-40(60-43)33-16-18-36(19-17-33)51(34-12-7-5-8-13-34)35-14-9-6-10-15-35/h5-10,12-25,29,32,53H,2,4,11,26-28H2,1,3H3/b38-29-. The van der Waals surface area contributed by atoms with Gasteiger partial charge in [0, 0.05) is 63.3 Å². The highest BCUT2D eigenvalue weighted by molar-refractivity contribution is 8.47. The highest BCUT2D eigenvalue weighted by Gasteiger charge is 2.19. The molecule has 4 heterocycles. The molecule has 0 aliphatic rings. The Morgan fingerprint density at radius 3 is 2.03 bits per heavy atom. The summed E-state index contributed by atoms with van der Waals surface area (Å²) in [6, 6.07) is 44.0. The third-order valence-corrected chi connectivity index (χ3v) is 16.1. The Hall–Kier alpha value is -5.20. The summed E-state index contributed by atoms with van der Waals surface area (Å²) >= 11 is 13.2. The fourth-order valence-electron chi connectivity index (χ4n) is 6.48. The summed E-state index contributed by atoms with van der Waals surface area (Å²) in [7, 11) is 0. The Labute approximate surface area is 380 Å². The number of thioether (sulfide) groups is 2. The van der Waals surface area contributed by atoms with Crippen molar-refractivity contribution in [1.29, 1.82) is 5.26 Å². The van der Waals surface area contributed by atoms with Crippen LogP contribution in [0.4, 0.5) is 17.1 Å². The monoisotopic (exact) mass is 915 g/mol. The van der Waals surface area contributed by atoms with Gasteiger partial charge in [0.25, 0.3) is 5.56 Å². The number of nitrogens with zero attached hydrogens (tertiary/aromatic N) is 3. The Bertz CT molecular complexity index is 2820. The number of hydrogen-bond donors (Lipinski definition) is 1. The summed E-state index contributed by atoms with van der Waals surface area (Å²) in [6.45, 7) is 7.89. The smallest absolute Gasteiger partial charge is 0.319 e. The number of thiocarbonyl (C=S) groups is 1. The molecule has 1 N–H and O–H groups in total. The molecule has 7 rings (SSSR count). The first kappa shape index (κ1) is 43.9. The summed E-state index contributed by atoms with van der Waals surface area (Å²) in [4.78, 5) is 35.0. The van der Waals surface area contributed by atoms with Gasteiger partial charge in [-0.25, -0.2) is 0 Å². The number of aromatic hydroxyl groups is 1. The van der Waals surface area contributed by atoms with E-state index in [4.69, 9.17) is 17.0 Å². The zero-order valence-electron chi connectivity index (χ0n) is 33.4. The molecule has 0 aliphatic heterocycles. The number of hydrogen-bond acceptors (Lipinski definition) is 12. The van der Waals surface area contributed by atoms with E-state index in [2.05, 4.69) is 115 Å². The van der Waals surface area contributed by atoms with E-state index in [1.165, 1.54) is 32.9 Å². The lowest BCUT2D eigenvalue weighted by atomic mass is 10.1. The van der Waals surface area contributed by atoms with Crippen LogP contribution >= 0.6 is 69.8 Å². The van der Waals surface area contributed by atoms with Crippen LogP contribution in [0.25, 0.3) is 42.6 Å². The molecule has 1 atom stereocenters. The number of carbonyl (C=O) groups is 1. The van der Waals surface area contributed by atoms with Crippen molar-refractivity contribution in [3.8, 4) is 41.9 Å². The van der Waals surface area contributed by atoms with E-state index in [0.717, 1.165) is 58.9 Å². The molecular weight excluding hydrogens is 875 g/mol.